The van der Waals surface area contributed by atoms with Gasteiger partial charge in [0.1, 0.15) is 5.69 Å². The van der Waals surface area contributed by atoms with Crippen LogP contribution in [-0.2, 0) is 11.0 Å². The second kappa shape index (κ2) is 8.73. The van der Waals surface area contributed by atoms with Crippen molar-refractivity contribution in [3.05, 3.63) is 55.7 Å². The van der Waals surface area contributed by atoms with Crippen molar-refractivity contribution in [2.45, 2.75) is 6.18 Å². The van der Waals surface area contributed by atoms with Crippen molar-refractivity contribution in [1.82, 2.24) is 9.88 Å². The Labute approximate surface area is 177 Å². The van der Waals surface area contributed by atoms with Crippen LogP contribution in [0.3, 0.4) is 0 Å². The molecule has 0 bridgehead atoms. The van der Waals surface area contributed by atoms with E-state index in [1.807, 2.05) is 0 Å². The van der Waals surface area contributed by atoms with Gasteiger partial charge in [-0.25, -0.2) is 4.98 Å². The molecule has 1 heterocycles. The number of carbonyl (C=O) groups is 2. The molecular formula is C16H10Cl4F3N3O2. The molecule has 0 aliphatic carbocycles. The second-order valence-corrected chi connectivity index (χ2v) is 7.05. The third kappa shape index (κ3) is 5.20. The smallest absolute Gasteiger partial charge is 0.331 e. The maximum Gasteiger partial charge on any atom is 0.417 e. The van der Waals surface area contributed by atoms with Gasteiger partial charge in [-0.3, -0.25) is 9.59 Å². The zero-order chi connectivity index (χ0) is 21.2. The van der Waals surface area contributed by atoms with E-state index in [-0.39, 0.29) is 26.4 Å². The number of rotatable bonds is 4. The summed E-state index contributed by atoms with van der Waals surface area (Å²) in [5.41, 5.74) is -1.45. The Morgan fingerprint density at radius 2 is 1.75 bits per heavy atom. The van der Waals surface area contributed by atoms with Crippen LogP contribution < -0.4 is 5.32 Å². The number of anilines is 1. The van der Waals surface area contributed by atoms with Crippen molar-refractivity contribution in [1.29, 1.82) is 0 Å². The Kier molecular flexibility index (Phi) is 7.03. The van der Waals surface area contributed by atoms with Crippen LogP contribution in [0.5, 0.6) is 0 Å². The van der Waals surface area contributed by atoms with E-state index in [9.17, 15) is 22.8 Å². The average molecular weight is 475 g/mol. The molecule has 0 saturated heterocycles. The van der Waals surface area contributed by atoms with Gasteiger partial charge < -0.3 is 10.2 Å². The zero-order valence-electron chi connectivity index (χ0n) is 13.9. The molecule has 12 heteroatoms. The van der Waals surface area contributed by atoms with E-state index in [1.165, 1.54) is 13.1 Å². The van der Waals surface area contributed by atoms with E-state index in [2.05, 4.69) is 10.3 Å². The van der Waals surface area contributed by atoms with Gasteiger partial charge in [0.25, 0.3) is 5.91 Å². The molecule has 0 atom stereocenters. The Morgan fingerprint density at radius 3 is 2.36 bits per heavy atom. The lowest BCUT2D eigenvalue weighted by molar-refractivity contribution is -0.137. The molecule has 0 radical (unpaired) electrons. The lowest BCUT2D eigenvalue weighted by atomic mass is 10.2. The van der Waals surface area contributed by atoms with E-state index >= 15 is 0 Å². The largest absolute Gasteiger partial charge is 0.417 e. The zero-order valence-corrected chi connectivity index (χ0v) is 16.9. The molecule has 0 aliphatic rings. The van der Waals surface area contributed by atoms with E-state index < -0.39 is 35.1 Å². The highest BCUT2D eigenvalue weighted by Crippen LogP contribution is 2.36. The van der Waals surface area contributed by atoms with Crippen molar-refractivity contribution in [2.75, 3.05) is 18.9 Å². The van der Waals surface area contributed by atoms with E-state index in [1.54, 1.807) is 0 Å². The minimum Gasteiger partial charge on any atom is -0.331 e. The lowest BCUT2D eigenvalue weighted by Crippen LogP contribution is -2.35. The Balaban J connectivity index is 2.11. The van der Waals surface area contributed by atoms with Gasteiger partial charge in [-0.1, -0.05) is 46.4 Å². The predicted molar refractivity (Wildman–Crippen MR) is 101 cm³/mol. The van der Waals surface area contributed by atoms with E-state index in [4.69, 9.17) is 46.4 Å². The van der Waals surface area contributed by atoms with Crippen LogP contribution in [0.15, 0.2) is 24.4 Å². The number of carbonyl (C=O) groups excluding carboxylic acids is 2. The molecule has 0 unspecified atom stereocenters. The summed E-state index contributed by atoms with van der Waals surface area (Å²) < 4.78 is 38.6. The van der Waals surface area contributed by atoms with Gasteiger partial charge in [0.05, 0.1) is 32.2 Å². The number of nitrogens with zero attached hydrogens (tertiary/aromatic N) is 2. The summed E-state index contributed by atoms with van der Waals surface area (Å²) in [6.45, 7) is -0.485. The number of nitrogens with one attached hydrogen (secondary N) is 1. The van der Waals surface area contributed by atoms with Crippen molar-refractivity contribution in [2.24, 2.45) is 0 Å². The molecule has 1 aromatic heterocycles. The fraction of sp³-hybridized carbons (Fsp3) is 0.188. The van der Waals surface area contributed by atoms with Gasteiger partial charge in [-0.15, -0.1) is 0 Å². The minimum atomic E-state index is -4.68. The first-order valence-electron chi connectivity index (χ1n) is 7.33. The molecule has 1 aromatic carbocycles. The summed E-state index contributed by atoms with van der Waals surface area (Å²) in [5.74, 6) is -1.48. The van der Waals surface area contributed by atoms with Crippen molar-refractivity contribution < 1.29 is 22.8 Å². The first-order chi connectivity index (χ1) is 12.9. The Hall–Kier alpha value is -1.74. The predicted octanol–water partition coefficient (Wildman–Crippen LogP) is 5.42. The number of alkyl halides is 3. The van der Waals surface area contributed by atoms with Crippen LogP contribution in [0.25, 0.3) is 0 Å². The number of amides is 2. The van der Waals surface area contributed by atoms with Gasteiger partial charge in [0.2, 0.25) is 5.91 Å². The molecular weight excluding hydrogens is 465 g/mol. The molecule has 2 aromatic rings. The number of hydrogen-bond acceptors (Lipinski definition) is 3. The number of likely N-dealkylation sites (N-methyl/N-ethyl adjacent to an activating group) is 1. The maximum absolute atomic E-state index is 12.9. The van der Waals surface area contributed by atoms with Crippen LogP contribution in [0.4, 0.5) is 18.9 Å². The third-order valence-electron chi connectivity index (χ3n) is 3.40. The summed E-state index contributed by atoms with van der Waals surface area (Å²) >= 11 is 23.1. The summed E-state index contributed by atoms with van der Waals surface area (Å²) in [4.78, 5) is 29.2. The SMILES string of the molecule is CN(CC(=O)Nc1ccc(Cl)c(C(F)(F)F)c1)C(=O)c1ncc(Cl)c(Cl)c1Cl. The molecule has 0 fully saturated rings. The fourth-order valence-electron chi connectivity index (χ4n) is 2.08. The van der Waals surface area contributed by atoms with Gasteiger partial charge in [-0.05, 0) is 18.2 Å². The maximum atomic E-state index is 12.9. The minimum absolute atomic E-state index is 0.0480. The normalized spacial score (nSPS) is 11.3. The molecule has 28 heavy (non-hydrogen) atoms. The standard InChI is InChI=1S/C16H10Cl4F3N3O2/c1-26(15(28)14-13(20)12(19)10(18)5-24-14)6-11(27)25-7-2-3-9(17)8(4-7)16(21,22)23/h2-5H,6H2,1H3,(H,25,27). The highest BCUT2D eigenvalue weighted by atomic mass is 35.5. The number of aromatic nitrogens is 1. The molecule has 0 saturated carbocycles. The van der Waals surface area contributed by atoms with Crippen LogP contribution in [-0.4, -0.2) is 35.3 Å². The Morgan fingerprint density at radius 1 is 1.11 bits per heavy atom. The third-order valence-corrected chi connectivity index (χ3v) is 4.97. The molecule has 150 valence electrons. The number of halogens is 7. The fourth-order valence-corrected chi connectivity index (χ4v) is 2.87. The van der Waals surface area contributed by atoms with Gasteiger partial charge in [0.15, 0.2) is 0 Å². The van der Waals surface area contributed by atoms with E-state index in [0.29, 0.717) is 6.07 Å². The molecule has 5 nitrogen and oxygen atoms in total. The lowest BCUT2D eigenvalue weighted by Gasteiger charge is -2.18. The molecule has 2 amide bonds. The monoisotopic (exact) mass is 473 g/mol. The first kappa shape index (κ1) is 22.5. The van der Waals surface area contributed by atoms with Crippen LogP contribution in [0, 0.1) is 0 Å². The number of hydrogen-bond donors (Lipinski definition) is 1. The van der Waals surface area contributed by atoms with Gasteiger partial charge in [-0.2, -0.15) is 13.2 Å². The van der Waals surface area contributed by atoms with Gasteiger partial charge >= 0.3 is 6.18 Å². The number of pyridine rings is 1. The molecule has 0 spiro atoms. The second-order valence-electron chi connectivity index (χ2n) is 5.48. The van der Waals surface area contributed by atoms with Crippen molar-refractivity contribution in [3.8, 4) is 0 Å². The van der Waals surface area contributed by atoms with Crippen LogP contribution in [0.2, 0.25) is 20.1 Å². The highest BCUT2D eigenvalue weighted by Gasteiger charge is 2.33. The average Bonchev–Trinajstić information content (AvgIpc) is 2.60. The molecule has 2 rings (SSSR count). The number of benzene rings is 1. The highest BCUT2D eigenvalue weighted by molar-refractivity contribution is 6.48. The van der Waals surface area contributed by atoms with Crippen molar-refractivity contribution in [3.63, 3.8) is 0 Å². The summed E-state index contributed by atoms with van der Waals surface area (Å²) in [7, 11) is 1.28. The summed E-state index contributed by atoms with van der Waals surface area (Å²) in [6.07, 6.45) is -3.55. The van der Waals surface area contributed by atoms with Crippen molar-refractivity contribution >= 4 is 63.9 Å². The van der Waals surface area contributed by atoms with Crippen LogP contribution in [0.1, 0.15) is 16.1 Å². The van der Waals surface area contributed by atoms with E-state index in [0.717, 1.165) is 17.2 Å². The summed E-state index contributed by atoms with van der Waals surface area (Å²) in [6, 6.07) is 2.91. The Bertz CT molecular complexity index is 938. The topological polar surface area (TPSA) is 62.3 Å². The first-order valence-corrected chi connectivity index (χ1v) is 8.84. The molecule has 0 aliphatic heterocycles. The summed E-state index contributed by atoms with van der Waals surface area (Å²) in [5, 5.41) is 1.56. The molecule has 1 N–H and O–H groups in total. The van der Waals surface area contributed by atoms with Crippen LogP contribution >= 0.6 is 46.4 Å². The van der Waals surface area contributed by atoms with Gasteiger partial charge in [0, 0.05) is 18.9 Å². The quantitative estimate of drug-likeness (QED) is 0.643.